The summed E-state index contributed by atoms with van der Waals surface area (Å²) < 4.78 is 11.7. The third-order valence-corrected chi connectivity index (χ3v) is 3.84. The summed E-state index contributed by atoms with van der Waals surface area (Å²) in [5.41, 5.74) is 3.20. The molecule has 3 heterocycles. The van der Waals surface area contributed by atoms with E-state index in [4.69, 9.17) is 9.15 Å². The van der Waals surface area contributed by atoms with E-state index in [1.165, 1.54) is 0 Å². The van der Waals surface area contributed by atoms with Gasteiger partial charge in [-0.15, -0.1) is 10.2 Å². The SMILES string of the molecule is Cc1nc(C)c(-c2nnc([C@H]3CN(C)C[C@@H](C)O3)o2)nc1C. The molecule has 0 bridgehead atoms. The average Bonchev–Trinajstić information content (AvgIpc) is 2.91. The van der Waals surface area contributed by atoms with Crippen LogP contribution in [0.2, 0.25) is 0 Å². The van der Waals surface area contributed by atoms with E-state index in [0.717, 1.165) is 30.2 Å². The second-order valence-corrected chi connectivity index (χ2v) is 5.93. The molecule has 118 valence electrons. The molecular formula is C15H21N5O2. The molecular weight excluding hydrogens is 282 g/mol. The van der Waals surface area contributed by atoms with E-state index in [0.29, 0.717) is 17.5 Å². The van der Waals surface area contributed by atoms with Crippen molar-refractivity contribution in [3.05, 3.63) is 23.0 Å². The molecule has 7 nitrogen and oxygen atoms in total. The number of rotatable bonds is 2. The van der Waals surface area contributed by atoms with E-state index in [-0.39, 0.29) is 12.2 Å². The summed E-state index contributed by atoms with van der Waals surface area (Å²) in [5, 5.41) is 8.27. The Hall–Kier alpha value is -1.86. The van der Waals surface area contributed by atoms with Crippen LogP contribution in [0.25, 0.3) is 11.6 Å². The molecule has 22 heavy (non-hydrogen) atoms. The highest BCUT2D eigenvalue weighted by Gasteiger charge is 2.29. The lowest BCUT2D eigenvalue weighted by molar-refractivity contribution is -0.0821. The van der Waals surface area contributed by atoms with Gasteiger partial charge >= 0.3 is 0 Å². The number of aromatic nitrogens is 4. The topological polar surface area (TPSA) is 77.2 Å². The van der Waals surface area contributed by atoms with Gasteiger partial charge in [0.25, 0.3) is 5.89 Å². The fourth-order valence-electron chi connectivity index (χ4n) is 2.68. The summed E-state index contributed by atoms with van der Waals surface area (Å²) in [5.74, 6) is 0.889. The summed E-state index contributed by atoms with van der Waals surface area (Å²) in [6.07, 6.45) is -0.0583. The molecule has 0 radical (unpaired) electrons. The van der Waals surface area contributed by atoms with E-state index in [9.17, 15) is 0 Å². The van der Waals surface area contributed by atoms with Crippen molar-refractivity contribution in [2.45, 2.75) is 39.9 Å². The van der Waals surface area contributed by atoms with E-state index in [1.807, 2.05) is 27.7 Å². The maximum absolute atomic E-state index is 5.89. The van der Waals surface area contributed by atoms with E-state index >= 15 is 0 Å². The van der Waals surface area contributed by atoms with Crippen molar-refractivity contribution in [2.24, 2.45) is 0 Å². The van der Waals surface area contributed by atoms with Gasteiger partial charge < -0.3 is 14.1 Å². The molecule has 3 rings (SSSR count). The summed E-state index contributed by atoms with van der Waals surface area (Å²) >= 11 is 0. The first-order valence-corrected chi connectivity index (χ1v) is 7.43. The van der Waals surface area contributed by atoms with Crippen LogP contribution in [-0.4, -0.2) is 51.3 Å². The Bertz CT molecular complexity index is 675. The summed E-state index contributed by atoms with van der Waals surface area (Å²) in [4.78, 5) is 11.2. The highest BCUT2D eigenvalue weighted by atomic mass is 16.5. The molecule has 0 amide bonds. The number of nitrogens with zero attached hydrogens (tertiary/aromatic N) is 5. The molecule has 1 aliphatic heterocycles. The maximum Gasteiger partial charge on any atom is 0.268 e. The molecule has 2 atom stereocenters. The Morgan fingerprint density at radius 3 is 2.45 bits per heavy atom. The van der Waals surface area contributed by atoms with Crippen molar-refractivity contribution in [1.29, 1.82) is 0 Å². The van der Waals surface area contributed by atoms with Gasteiger partial charge in [-0.1, -0.05) is 0 Å². The molecule has 1 aliphatic rings. The molecule has 0 aromatic carbocycles. The first kappa shape index (κ1) is 15.1. The van der Waals surface area contributed by atoms with Crippen molar-refractivity contribution >= 4 is 0 Å². The second kappa shape index (κ2) is 5.73. The number of hydrogen-bond donors (Lipinski definition) is 0. The lowest BCUT2D eigenvalue weighted by atomic mass is 10.2. The van der Waals surface area contributed by atoms with Crippen LogP contribution in [0.3, 0.4) is 0 Å². The zero-order valence-electron chi connectivity index (χ0n) is 13.6. The molecule has 1 fully saturated rings. The van der Waals surface area contributed by atoms with E-state index < -0.39 is 0 Å². The molecule has 0 unspecified atom stereocenters. The van der Waals surface area contributed by atoms with Crippen molar-refractivity contribution in [1.82, 2.24) is 25.1 Å². The van der Waals surface area contributed by atoms with Crippen LogP contribution < -0.4 is 0 Å². The van der Waals surface area contributed by atoms with Crippen LogP contribution in [0.4, 0.5) is 0 Å². The molecule has 0 N–H and O–H groups in total. The zero-order valence-corrected chi connectivity index (χ0v) is 13.6. The normalized spacial score (nSPS) is 23.0. The van der Waals surface area contributed by atoms with Crippen LogP contribution in [0, 0.1) is 20.8 Å². The monoisotopic (exact) mass is 303 g/mol. The summed E-state index contributed by atoms with van der Waals surface area (Å²) in [6.45, 7) is 9.43. The van der Waals surface area contributed by atoms with Gasteiger partial charge in [0.15, 0.2) is 0 Å². The minimum absolute atomic E-state index is 0.141. The predicted molar refractivity (Wildman–Crippen MR) is 80.3 cm³/mol. The van der Waals surface area contributed by atoms with Gasteiger partial charge in [0.05, 0.1) is 23.2 Å². The Morgan fingerprint density at radius 2 is 1.73 bits per heavy atom. The van der Waals surface area contributed by atoms with Gasteiger partial charge in [-0.3, -0.25) is 4.98 Å². The standard InChI is InChI=1S/C15H21N5O2/c1-8-6-20(5)7-12(21-8)14-18-19-15(22-14)13-11(4)16-9(2)10(3)17-13/h8,12H,6-7H2,1-5H3/t8-,12-/m1/s1. The fourth-order valence-corrected chi connectivity index (χ4v) is 2.68. The van der Waals surface area contributed by atoms with Crippen molar-refractivity contribution in [2.75, 3.05) is 20.1 Å². The third-order valence-electron chi connectivity index (χ3n) is 3.84. The molecule has 0 aliphatic carbocycles. The van der Waals surface area contributed by atoms with Crippen molar-refractivity contribution in [3.8, 4) is 11.6 Å². The van der Waals surface area contributed by atoms with Crippen molar-refractivity contribution < 1.29 is 9.15 Å². The minimum Gasteiger partial charge on any atom is -0.416 e. The first-order valence-electron chi connectivity index (χ1n) is 7.43. The maximum atomic E-state index is 5.89. The van der Waals surface area contributed by atoms with Gasteiger partial charge in [0.2, 0.25) is 5.89 Å². The Kier molecular flexibility index (Phi) is 3.92. The lowest BCUT2D eigenvalue weighted by Gasteiger charge is -2.32. The third kappa shape index (κ3) is 2.86. The zero-order chi connectivity index (χ0) is 15.9. The van der Waals surface area contributed by atoms with Crippen LogP contribution in [0.5, 0.6) is 0 Å². The number of ether oxygens (including phenoxy) is 1. The van der Waals surface area contributed by atoms with Gasteiger partial charge in [-0.05, 0) is 34.7 Å². The summed E-state index contributed by atoms with van der Waals surface area (Å²) in [6, 6.07) is 0. The Morgan fingerprint density at radius 1 is 1.00 bits per heavy atom. The number of likely N-dealkylation sites (N-methyl/N-ethyl adjacent to an activating group) is 1. The highest BCUT2D eigenvalue weighted by Crippen LogP contribution is 2.27. The van der Waals surface area contributed by atoms with Crippen molar-refractivity contribution in [3.63, 3.8) is 0 Å². The molecule has 7 heteroatoms. The van der Waals surface area contributed by atoms with E-state index in [2.05, 4.69) is 32.1 Å². The number of aryl methyl sites for hydroxylation is 3. The highest BCUT2D eigenvalue weighted by molar-refractivity contribution is 5.50. The van der Waals surface area contributed by atoms with Gasteiger partial charge in [-0.25, -0.2) is 4.98 Å². The Labute approximate surface area is 129 Å². The largest absolute Gasteiger partial charge is 0.416 e. The predicted octanol–water partition coefficient (Wildman–Crippen LogP) is 1.84. The summed E-state index contributed by atoms with van der Waals surface area (Å²) in [7, 11) is 2.06. The van der Waals surface area contributed by atoms with Gasteiger partial charge in [0, 0.05) is 13.1 Å². The lowest BCUT2D eigenvalue weighted by Crippen LogP contribution is -2.40. The molecule has 2 aromatic heterocycles. The van der Waals surface area contributed by atoms with Crippen LogP contribution in [0.1, 0.15) is 36.0 Å². The Balaban J connectivity index is 1.89. The number of morpholine rings is 1. The average molecular weight is 303 g/mol. The second-order valence-electron chi connectivity index (χ2n) is 5.93. The van der Waals surface area contributed by atoms with Crippen LogP contribution in [-0.2, 0) is 4.74 Å². The number of hydrogen-bond acceptors (Lipinski definition) is 7. The molecule has 1 saturated heterocycles. The van der Waals surface area contributed by atoms with E-state index in [1.54, 1.807) is 0 Å². The van der Waals surface area contributed by atoms with Gasteiger partial charge in [-0.2, -0.15) is 0 Å². The smallest absolute Gasteiger partial charge is 0.268 e. The molecule has 0 saturated carbocycles. The quantitative estimate of drug-likeness (QED) is 0.837. The first-order chi connectivity index (χ1) is 10.4. The molecule has 0 spiro atoms. The van der Waals surface area contributed by atoms with Crippen LogP contribution in [0.15, 0.2) is 4.42 Å². The fraction of sp³-hybridized carbons (Fsp3) is 0.600. The minimum atomic E-state index is -0.199. The van der Waals surface area contributed by atoms with Crippen LogP contribution >= 0.6 is 0 Å². The molecule has 2 aromatic rings. The van der Waals surface area contributed by atoms with Gasteiger partial charge in [0.1, 0.15) is 11.8 Å².